The van der Waals surface area contributed by atoms with Crippen LogP contribution in [0.3, 0.4) is 0 Å². The highest BCUT2D eigenvalue weighted by Gasteiger charge is 2.27. The van der Waals surface area contributed by atoms with Crippen molar-refractivity contribution in [3.8, 4) is 0 Å². The highest BCUT2D eigenvalue weighted by molar-refractivity contribution is 5.45. The first-order valence-electron chi connectivity index (χ1n) is 8.21. The Morgan fingerprint density at radius 1 is 1.00 bits per heavy atom. The Balaban J connectivity index is 1.98. The van der Waals surface area contributed by atoms with Crippen LogP contribution in [0.5, 0.6) is 0 Å². The van der Waals surface area contributed by atoms with Crippen LogP contribution in [0.4, 0.5) is 11.9 Å². The standard InChI is InChI=1S/C18H25N5/c1-12(2)16-19-17(22(3)4)21-18(20-16)23(5)15-11-10-13-8-6-7-9-14(13)15/h6-9,12,15H,10-11H2,1-5H3. The molecule has 3 rings (SSSR count). The van der Waals surface area contributed by atoms with Crippen LogP contribution in [0, 0.1) is 0 Å². The topological polar surface area (TPSA) is 45.2 Å². The molecule has 0 amide bonds. The molecule has 0 saturated heterocycles. The van der Waals surface area contributed by atoms with Gasteiger partial charge in [0, 0.05) is 27.1 Å². The van der Waals surface area contributed by atoms with E-state index in [4.69, 9.17) is 4.98 Å². The predicted molar refractivity (Wildman–Crippen MR) is 94.2 cm³/mol. The van der Waals surface area contributed by atoms with E-state index in [0.29, 0.717) is 6.04 Å². The maximum absolute atomic E-state index is 4.71. The summed E-state index contributed by atoms with van der Waals surface area (Å²) in [5.41, 5.74) is 2.84. The Labute approximate surface area is 138 Å². The third-order valence-electron chi connectivity index (χ3n) is 4.43. The summed E-state index contributed by atoms with van der Waals surface area (Å²) < 4.78 is 0. The molecule has 1 aliphatic rings. The van der Waals surface area contributed by atoms with Gasteiger partial charge in [0.05, 0.1) is 6.04 Å². The first kappa shape index (κ1) is 15.7. The van der Waals surface area contributed by atoms with Gasteiger partial charge in [0.1, 0.15) is 5.82 Å². The van der Waals surface area contributed by atoms with Crippen molar-refractivity contribution in [3.63, 3.8) is 0 Å². The molecule has 1 atom stereocenters. The van der Waals surface area contributed by atoms with Crippen molar-refractivity contribution in [2.24, 2.45) is 0 Å². The minimum absolute atomic E-state index is 0.278. The fourth-order valence-corrected chi connectivity index (χ4v) is 3.06. The lowest BCUT2D eigenvalue weighted by molar-refractivity contribution is 0.636. The Morgan fingerprint density at radius 2 is 1.70 bits per heavy atom. The van der Waals surface area contributed by atoms with Gasteiger partial charge in [-0.1, -0.05) is 38.1 Å². The molecule has 0 N–H and O–H groups in total. The van der Waals surface area contributed by atoms with Gasteiger partial charge >= 0.3 is 0 Å². The second kappa shape index (κ2) is 6.14. The zero-order chi connectivity index (χ0) is 16.6. The summed E-state index contributed by atoms with van der Waals surface area (Å²) in [5.74, 6) is 2.60. The number of hydrogen-bond donors (Lipinski definition) is 0. The molecule has 5 heteroatoms. The first-order valence-corrected chi connectivity index (χ1v) is 8.21. The number of nitrogens with zero attached hydrogens (tertiary/aromatic N) is 5. The summed E-state index contributed by atoms with van der Waals surface area (Å²) >= 11 is 0. The van der Waals surface area contributed by atoms with Crippen molar-refractivity contribution < 1.29 is 0 Å². The van der Waals surface area contributed by atoms with Crippen LogP contribution in [0.2, 0.25) is 0 Å². The lowest BCUT2D eigenvalue weighted by Crippen LogP contribution is -2.26. The van der Waals surface area contributed by atoms with E-state index in [-0.39, 0.29) is 5.92 Å². The number of aromatic nitrogens is 3. The van der Waals surface area contributed by atoms with Gasteiger partial charge in [0.15, 0.2) is 0 Å². The Hall–Kier alpha value is -2.17. The third-order valence-corrected chi connectivity index (χ3v) is 4.43. The van der Waals surface area contributed by atoms with Crippen LogP contribution >= 0.6 is 0 Å². The van der Waals surface area contributed by atoms with E-state index >= 15 is 0 Å². The molecule has 1 aromatic heterocycles. The van der Waals surface area contributed by atoms with Gasteiger partial charge in [-0.25, -0.2) is 0 Å². The van der Waals surface area contributed by atoms with Crippen molar-refractivity contribution in [1.82, 2.24) is 15.0 Å². The molecule has 0 fully saturated rings. The minimum atomic E-state index is 0.278. The summed E-state index contributed by atoms with van der Waals surface area (Å²) in [7, 11) is 6.02. The smallest absolute Gasteiger partial charge is 0.230 e. The molecule has 0 saturated carbocycles. The second-order valence-electron chi connectivity index (χ2n) is 6.71. The lowest BCUT2D eigenvalue weighted by atomic mass is 10.1. The lowest BCUT2D eigenvalue weighted by Gasteiger charge is -2.26. The van der Waals surface area contributed by atoms with Gasteiger partial charge < -0.3 is 9.80 Å². The summed E-state index contributed by atoms with van der Waals surface area (Å²) in [4.78, 5) is 18.1. The molecule has 0 aliphatic heterocycles. The molecule has 1 heterocycles. The normalized spacial score (nSPS) is 16.5. The van der Waals surface area contributed by atoms with E-state index in [0.717, 1.165) is 30.6 Å². The van der Waals surface area contributed by atoms with Gasteiger partial charge in [0.25, 0.3) is 0 Å². The monoisotopic (exact) mass is 311 g/mol. The molecular formula is C18H25N5. The van der Waals surface area contributed by atoms with Gasteiger partial charge in [-0.05, 0) is 24.0 Å². The third kappa shape index (κ3) is 3.00. The summed E-state index contributed by atoms with van der Waals surface area (Å²) in [6, 6.07) is 9.01. The highest BCUT2D eigenvalue weighted by atomic mass is 15.3. The molecule has 122 valence electrons. The number of benzene rings is 1. The van der Waals surface area contributed by atoms with Crippen molar-refractivity contribution in [2.45, 2.75) is 38.6 Å². The van der Waals surface area contributed by atoms with E-state index in [2.05, 4.69) is 60.0 Å². The number of fused-ring (bicyclic) bond motifs is 1. The van der Waals surface area contributed by atoms with E-state index in [1.54, 1.807) is 0 Å². The SMILES string of the molecule is CC(C)c1nc(N(C)C)nc(N(C)C2CCc3ccccc32)n1. The van der Waals surface area contributed by atoms with E-state index in [1.165, 1.54) is 11.1 Å². The van der Waals surface area contributed by atoms with E-state index < -0.39 is 0 Å². The fourth-order valence-electron chi connectivity index (χ4n) is 3.06. The molecule has 23 heavy (non-hydrogen) atoms. The van der Waals surface area contributed by atoms with Crippen LogP contribution in [0.15, 0.2) is 24.3 Å². The average molecular weight is 311 g/mol. The molecule has 2 aromatic rings. The molecular weight excluding hydrogens is 286 g/mol. The maximum Gasteiger partial charge on any atom is 0.230 e. The molecule has 5 nitrogen and oxygen atoms in total. The minimum Gasteiger partial charge on any atom is -0.347 e. The summed E-state index contributed by atoms with van der Waals surface area (Å²) in [6.07, 6.45) is 2.23. The van der Waals surface area contributed by atoms with Crippen molar-refractivity contribution in [2.75, 3.05) is 30.9 Å². The van der Waals surface area contributed by atoms with Crippen LogP contribution < -0.4 is 9.80 Å². The Kier molecular flexibility index (Phi) is 4.20. The van der Waals surface area contributed by atoms with Gasteiger partial charge in [-0.15, -0.1) is 0 Å². The summed E-state index contributed by atoms with van der Waals surface area (Å²) in [5, 5.41) is 0. The van der Waals surface area contributed by atoms with Crippen LogP contribution in [-0.2, 0) is 6.42 Å². The first-order chi connectivity index (χ1) is 11.0. The zero-order valence-corrected chi connectivity index (χ0v) is 14.6. The number of rotatable bonds is 4. The molecule has 1 aromatic carbocycles. The quantitative estimate of drug-likeness (QED) is 0.868. The van der Waals surface area contributed by atoms with E-state index in [1.807, 2.05) is 19.0 Å². The van der Waals surface area contributed by atoms with Crippen molar-refractivity contribution in [3.05, 3.63) is 41.2 Å². The van der Waals surface area contributed by atoms with Crippen LogP contribution in [0.25, 0.3) is 0 Å². The van der Waals surface area contributed by atoms with Gasteiger partial charge in [-0.2, -0.15) is 15.0 Å². The zero-order valence-electron chi connectivity index (χ0n) is 14.6. The van der Waals surface area contributed by atoms with Gasteiger partial charge in [-0.3, -0.25) is 0 Å². The van der Waals surface area contributed by atoms with Crippen LogP contribution in [-0.4, -0.2) is 36.1 Å². The number of anilines is 2. The maximum atomic E-state index is 4.71. The van der Waals surface area contributed by atoms with Crippen molar-refractivity contribution in [1.29, 1.82) is 0 Å². The summed E-state index contributed by atoms with van der Waals surface area (Å²) in [6.45, 7) is 4.23. The van der Waals surface area contributed by atoms with E-state index in [9.17, 15) is 0 Å². The molecule has 0 spiro atoms. The molecule has 0 bridgehead atoms. The molecule has 0 radical (unpaired) electrons. The van der Waals surface area contributed by atoms with Gasteiger partial charge in [0.2, 0.25) is 11.9 Å². The Bertz CT molecular complexity index is 669. The Morgan fingerprint density at radius 3 is 2.39 bits per heavy atom. The molecule has 1 aliphatic carbocycles. The number of hydrogen-bond acceptors (Lipinski definition) is 5. The van der Waals surface area contributed by atoms with Crippen molar-refractivity contribution >= 4 is 11.9 Å². The average Bonchev–Trinajstić information content (AvgIpc) is 2.97. The van der Waals surface area contributed by atoms with Crippen LogP contribution in [0.1, 0.15) is 49.2 Å². The second-order valence-corrected chi connectivity index (χ2v) is 6.71. The highest BCUT2D eigenvalue weighted by Crippen LogP contribution is 2.36. The predicted octanol–water partition coefficient (Wildman–Crippen LogP) is 3.18. The largest absolute Gasteiger partial charge is 0.347 e. The molecule has 1 unspecified atom stereocenters. The fraction of sp³-hybridized carbons (Fsp3) is 0.500. The number of aryl methyl sites for hydroxylation is 1.